The Balaban J connectivity index is 1.61. The molecule has 0 unspecified atom stereocenters. The van der Waals surface area contributed by atoms with Gasteiger partial charge < -0.3 is 14.2 Å². The smallest absolute Gasteiger partial charge is 0.338 e. The van der Waals surface area contributed by atoms with Crippen LogP contribution >= 0.6 is 49.9 Å². The van der Waals surface area contributed by atoms with E-state index in [1.54, 1.807) is 39.0 Å². The standard InChI is InChI=1S/C33H29BrIN3O7S/c1-5-43-26-14-21(13-24(35)30(26)45-17-20-8-11-23(34)12-9-20)15-27-31(39)37-29(22-10-7-18(3)25(16-22)38(41)42)28(32(40)44-6-2)19(4)36-33(37)46-27/h7-16,29H,5-6,17H2,1-4H3/b27-15+/t29-/m0/s1. The fourth-order valence-electron chi connectivity index (χ4n) is 5.06. The summed E-state index contributed by atoms with van der Waals surface area (Å²) in [7, 11) is 0. The molecule has 1 atom stereocenters. The van der Waals surface area contributed by atoms with Crippen LogP contribution in [0.3, 0.4) is 0 Å². The summed E-state index contributed by atoms with van der Waals surface area (Å²) >= 11 is 6.80. The van der Waals surface area contributed by atoms with Crippen LogP contribution in [-0.2, 0) is 16.1 Å². The fourth-order valence-corrected chi connectivity index (χ4v) is 7.15. The van der Waals surface area contributed by atoms with E-state index in [1.165, 1.54) is 22.0 Å². The Morgan fingerprint density at radius 2 is 1.85 bits per heavy atom. The molecule has 10 nitrogen and oxygen atoms in total. The summed E-state index contributed by atoms with van der Waals surface area (Å²) < 4.78 is 21.0. The number of esters is 1. The van der Waals surface area contributed by atoms with E-state index in [0.29, 0.717) is 56.4 Å². The average Bonchev–Trinajstić information content (AvgIpc) is 3.31. The van der Waals surface area contributed by atoms with Crippen molar-refractivity contribution in [3.63, 3.8) is 0 Å². The van der Waals surface area contributed by atoms with Gasteiger partial charge in [-0.2, -0.15) is 0 Å². The number of aromatic nitrogens is 1. The third kappa shape index (κ3) is 6.95. The molecule has 2 heterocycles. The van der Waals surface area contributed by atoms with Crippen molar-refractivity contribution in [1.82, 2.24) is 4.57 Å². The van der Waals surface area contributed by atoms with Gasteiger partial charge in [0.2, 0.25) is 0 Å². The molecule has 238 valence electrons. The van der Waals surface area contributed by atoms with Gasteiger partial charge in [0, 0.05) is 16.1 Å². The van der Waals surface area contributed by atoms with Gasteiger partial charge in [-0.25, -0.2) is 9.79 Å². The lowest BCUT2D eigenvalue weighted by molar-refractivity contribution is -0.385. The van der Waals surface area contributed by atoms with E-state index in [9.17, 15) is 19.7 Å². The Morgan fingerprint density at radius 3 is 2.52 bits per heavy atom. The van der Waals surface area contributed by atoms with E-state index in [1.807, 2.05) is 43.3 Å². The van der Waals surface area contributed by atoms with Crippen LogP contribution in [0.5, 0.6) is 11.5 Å². The number of nitro benzene ring substituents is 1. The number of benzene rings is 3. The Hall–Kier alpha value is -3.82. The maximum absolute atomic E-state index is 14.1. The van der Waals surface area contributed by atoms with Gasteiger partial charge in [-0.05, 0) is 97.3 Å². The largest absolute Gasteiger partial charge is 0.490 e. The van der Waals surface area contributed by atoms with Crippen molar-refractivity contribution in [3.05, 3.63) is 126 Å². The van der Waals surface area contributed by atoms with Crippen LogP contribution in [0.1, 0.15) is 49.1 Å². The molecule has 0 fully saturated rings. The second-order valence-corrected chi connectivity index (χ2v) is 13.4. The molecule has 4 aromatic rings. The van der Waals surface area contributed by atoms with Crippen LogP contribution < -0.4 is 24.4 Å². The zero-order valence-electron chi connectivity index (χ0n) is 25.3. The van der Waals surface area contributed by atoms with Gasteiger partial charge in [-0.3, -0.25) is 19.5 Å². The minimum absolute atomic E-state index is 0.113. The molecule has 1 aliphatic rings. The molecule has 0 aliphatic carbocycles. The Labute approximate surface area is 290 Å². The lowest BCUT2D eigenvalue weighted by Crippen LogP contribution is -2.40. The highest BCUT2D eigenvalue weighted by atomic mass is 127. The molecule has 0 radical (unpaired) electrons. The SMILES string of the molecule is CCOC(=O)C1=C(C)N=c2s/c(=C/c3cc(I)c(OCc4ccc(Br)cc4)c(OCC)c3)c(=O)n2[C@H]1c1ccc(C)c([N+](=O)[O-])c1. The molecule has 46 heavy (non-hydrogen) atoms. The molecule has 0 spiro atoms. The van der Waals surface area contributed by atoms with Crippen molar-refractivity contribution in [2.45, 2.75) is 40.3 Å². The van der Waals surface area contributed by atoms with Crippen molar-refractivity contribution in [1.29, 1.82) is 0 Å². The molecule has 0 amide bonds. The van der Waals surface area contributed by atoms with Crippen molar-refractivity contribution in [2.24, 2.45) is 4.99 Å². The summed E-state index contributed by atoms with van der Waals surface area (Å²) in [5, 5.41) is 11.8. The van der Waals surface area contributed by atoms with Crippen LogP contribution in [0.4, 0.5) is 5.69 Å². The van der Waals surface area contributed by atoms with Gasteiger partial charge in [0.15, 0.2) is 16.3 Å². The number of hydrogen-bond acceptors (Lipinski definition) is 9. The summed E-state index contributed by atoms with van der Waals surface area (Å²) in [4.78, 5) is 43.6. The van der Waals surface area contributed by atoms with Gasteiger partial charge >= 0.3 is 5.97 Å². The highest BCUT2D eigenvalue weighted by Gasteiger charge is 2.34. The lowest BCUT2D eigenvalue weighted by atomic mass is 9.94. The first kappa shape index (κ1) is 33.5. The van der Waals surface area contributed by atoms with Gasteiger partial charge in [0.25, 0.3) is 11.2 Å². The van der Waals surface area contributed by atoms with E-state index in [-0.39, 0.29) is 17.9 Å². The summed E-state index contributed by atoms with van der Waals surface area (Å²) in [6.45, 7) is 7.75. The number of rotatable bonds is 10. The summed E-state index contributed by atoms with van der Waals surface area (Å²) in [6.07, 6.45) is 1.74. The first-order valence-corrected chi connectivity index (χ1v) is 17.0. The van der Waals surface area contributed by atoms with Crippen LogP contribution in [0.25, 0.3) is 6.08 Å². The van der Waals surface area contributed by atoms with Gasteiger partial charge in [0.1, 0.15) is 6.61 Å². The molecule has 5 rings (SSSR count). The first-order valence-electron chi connectivity index (χ1n) is 14.3. The topological polar surface area (TPSA) is 122 Å². The second kappa shape index (κ2) is 14.3. The number of hydrogen-bond donors (Lipinski definition) is 0. The third-order valence-electron chi connectivity index (χ3n) is 7.19. The molecular weight excluding hydrogens is 789 g/mol. The highest BCUT2D eigenvalue weighted by molar-refractivity contribution is 14.1. The molecule has 1 aliphatic heterocycles. The number of ether oxygens (including phenoxy) is 3. The maximum atomic E-state index is 14.1. The van der Waals surface area contributed by atoms with Crippen LogP contribution in [0.15, 0.2) is 80.1 Å². The first-order chi connectivity index (χ1) is 22.0. The number of thiazole rings is 1. The molecule has 0 bridgehead atoms. The van der Waals surface area contributed by atoms with Crippen molar-refractivity contribution < 1.29 is 23.9 Å². The molecule has 1 aromatic heterocycles. The van der Waals surface area contributed by atoms with Gasteiger partial charge in [0.05, 0.1) is 43.6 Å². The lowest BCUT2D eigenvalue weighted by Gasteiger charge is -2.24. The Morgan fingerprint density at radius 1 is 1.11 bits per heavy atom. The predicted octanol–water partition coefficient (Wildman–Crippen LogP) is 6.36. The fraction of sp³-hybridized carbons (Fsp3) is 0.242. The quantitative estimate of drug-likeness (QED) is 0.0791. The van der Waals surface area contributed by atoms with E-state index in [0.717, 1.165) is 13.6 Å². The molecule has 0 saturated heterocycles. The van der Waals surface area contributed by atoms with Crippen LogP contribution in [0.2, 0.25) is 0 Å². The van der Waals surface area contributed by atoms with E-state index in [2.05, 4.69) is 43.5 Å². The van der Waals surface area contributed by atoms with E-state index in [4.69, 9.17) is 14.2 Å². The number of fused-ring (bicyclic) bond motifs is 1. The van der Waals surface area contributed by atoms with Gasteiger partial charge in [-0.1, -0.05) is 51.5 Å². The zero-order valence-corrected chi connectivity index (χ0v) is 29.9. The number of carbonyl (C=O) groups is 1. The summed E-state index contributed by atoms with van der Waals surface area (Å²) in [6, 6.07) is 15.3. The molecule has 3 aromatic carbocycles. The van der Waals surface area contributed by atoms with Gasteiger partial charge in [-0.15, -0.1) is 0 Å². The molecular formula is C33H29BrIN3O7S. The normalized spacial score (nSPS) is 14.5. The number of halogens is 2. The van der Waals surface area contributed by atoms with Crippen molar-refractivity contribution in [3.8, 4) is 11.5 Å². The number of nitrogens with zero attached hydrogens (tertiary/aromatic N) is 3. The second-order valence-electron chi connectivity index (χ2n) is 10.3. The minimum atomic E-state index is -0.967. The average molecular weight is 818 g/mol. The monoisotopic (exact) mass is 817 g/mol. The third-order valence-corrected chi connectivity index (χ3v) is 9.50. The highest BCUT2D eigenvalue weighted by Crippen LogP contribution is 2.36. The van der Waals surface area contributed by atoms with Crippen molar-refractivity contribution >= 4 is 67.6 Å². The number of carbonyl (C=O) groups excluding carboxylic acids is 1. The molecule has 13 heteroatoms. The molecule has 0 N–H and O–H groups in total. The van der Waals surface area contributed by atoms with E-state index < -0.39 is 22.5 Å². The minimum Gasteiger partial charge on any atom is -0.490 e. The number of allylic oxidation sites excluding steroid dienone is 1. The number of aryl methyl sites for hydroxylation is 1. The Bertz CT molecular complexity index is 2050. The van der Waals surface area contributed by atoms with Crippen molar-refractivity contribution in [2.75, 3.05) is 13.2 Å². The Kier molecular flexibility index (Phi) is 10.4. The molecule has 0 saturated carbocycles. The number of nitro groups is 1. The van der Waals surface area contributed by atoms with Crippen LogP contribution in [0, 0.1) is 20.6 Å². The zero-order chi connectivity index (χ0) is 33.1. The summed E-state index contributed by atoms with van der Waals surface area (Å²) in [5.41, 5.74) is 2.59. The summed E-state index contributed by atoms with van der Waals surface area (Å²) in [5.74, 6) is 0.497. The predicted molar refractivity (Wildman–Crippen MR) is 187 cm³/mol. The van der Waals surface area contributed by atoms with E-state index >= 15 is 0 Å². The maximum Gasteiger partial charge on any atom is 0.338 e. The van der Waals surface area contributed by atoms with Crippen LogP contribution in [-0.4, -0.2) is 28.7 Å².